The number of carbonyl (C=O) groups is 1. The highest BCUT2D eigenvalue weighted by molar-refractivity contribution is 7.89. The molecule has 1 atom stereocenters. The van der Waals surface area contributed by atoms with Crippen LogP contribution in [0.15, 0.2) is 16.5 Å². The molecule has 10 heteroatoms. The molecule has 3 heterocycles. The van der Waals surface area contributed by atoms with Gasteiger partial charge in [0, 0.05) is 18.2 Å². The van der Waals surface area contributed by atoms with E-state index in [0.717, 1.165) is 12.3 Å². The van der Waals surface area contributed by atoms with Gasteiger partial charge in [-0.1, -0.05) is 0 Å². The van der Waals surface area contributed by atoms with Crippen molar-refractivity contribution < 1.29 is 31.5 Å². The van der Waals surface area contributed by atoms with Gasteiger partial charge in [0.25, 0.3) is 5.91 Å². The van der Waals surface area contributed by atoms with Crippen LogP contribution in [-0.4, -0.2) is 63.1 Å². The van der Waals surface area contributed by atoms with Gasteiger partial charge < -0.3 is 14.4 Å². The first kappa shape index (κ1) is 22.1. The summed E-state index contributed by atoms with van der Waals surface area (Å²) in [4.78, 5) is 14.5. The van der Waals surface area contributed by atoms with E-state index in [-0.39, 0.29) is 24.4 Å². The molecule has 1 amide bonds. The Morgan fingerprint density at radius 3 is 2.61 bits per heavy atom. The number of fused-ring (bicyclic) bond motifs is 5. The number of carbonyl (C=O) groups excluding carboxylic acids is 1. The second-order valence-electron chi connectivity index (χ2n) is 8.42. The van der Waals surface area contributed by atoms with Crippen LogP contribution >= 0.6 is 0 Å². The van der Waals surface area contributed by atoms with Crippen LogP contribution in [0.4, 0.5) is 8.78 Å². The summed E-state index contributed by atoms with van der Waals surface area (Å²) in [5.74, 6) is -2.09. The maximum absolute atomic E-state index is 14.6. The summed E-state index contributed by atoms with van der Waals surface area (Å²) >= 11 is 0. The summed E-state index contributed by atoms with van der Waals surface area (Å²) in [5.41, 5.74) is 0.830. The number of benzene rings is 1. The lowest BCUT2D eigenvalue weighted by molar-refractivity contribution is -0.136. The van der Waals surface area contributed by atoms with E-state index in [0.29, 0.717) is 56.3 Å². The number of sulfonamides is 1. The lowest BCUT2D eigenvalue weighted by atomic mass is 9.82. The Bertz CT molecular complexity index is 990. The van der Waals surface area contributed by atoms with E-state index in [1.54, 1.807) is 0 Å². The molecular formula is C21H26F2N2O5S. The zero-order chi connectivity index (χ0) is 22.2. The summed E-state index contributed by atoms with van der Waals surface area (Å²) in [7, 11) is -3.63. The number of hydrogen-bond donors (Lipinski definition) is 0. The van der Waals surface area contributed by atoms with Crippen molar-refractivity contribution in [3.8, 4) is 5.75 Å². The minimum atomic E-state index is -3.63. The summed E-state index contributed by atoms with van der Waals surface area (Å²) < 4.78 is 67.6. The van der Waals surface area contributed by atoms with Crippen LogP contribution in [0.1, 0.15) is 50.0 Å². The third-order valence-electron chi connectivity index (χ3n) is 6.18. The number of piperidine rings is 1. The third kappa shape index (κ3) is 5.06. The van der Waals surface area contributed by atoms with Crippen molar-refractivity contribution in [3.63, 3.8) is 0 Å². The van der Waals surface area contributed by atoms with Gasteiger partial charge in [-0.3, -0.25) is 4.79 Å². The Balaban J connectivity index is 1.69. The van der Waals surface area contributed by atoms with Gasteiger partial charge in [0.05, 0.1) is 30.7 Å². The van der Waals surface area contributed by atoms with E-state index in [2.05, 4.69) is 4.40 Å². The molecular weight excluding hydrogens is 430 g/mol. The van der Waals surface area contributed by atoms with E-state index in [9.17, 15) is 22.0 Å². The number of rotatable bonds is 1. The summed E-state index contributed by atoms with van der Waals surface area (Å²) in [6, 6.07) is 1.43. The topological polar surface area (TPSA) is 85.3 Å². The second-order valence-corrected chi connectivity index (χ2v) is 10.1. The number of ether oxygens (including phenoxy) is 2. The summed E-state index contributed by atoms with van der Waals surface area (Å²) in [6.45, 7) is 0.102. The van der Waals surface area contributed by atoms with Gasteiger partial charge in [-0.15, -0.1) is 0 Å². The molecule has 3 aliphatic heterocycles. The lowest BCUT2D eigenvalue weighted by Crippen LogP contribution is -2.53. The van der Waals surface area contributed by atoms with Gasteiger partial charge >= 0.3 is 0 Å². The Morgan fingerprint density at radius 2 is 1.90 bits per heavy atom. The lowest BCUT2D eigenvalue weighted by Gasteiger charge is -2.37. The van der Waals surface area contributed by atoms with Crippen LogP contribution in [0.5, 0.6) is 5.75 Å². The Hall–Kier alpha value is -2.07. The number of amides is 1. The van der Waals surface area contributed by atoms with Crippen molar-refractivity contribution in [2.75, 3.05) is 26.0 Å². The van der Waals surface area contributed by atoms with Gasteiger partial charge in [-0.2, -0.15) is 4.40 Å². The largest absolute Gasteiger partial charge is 0.480 e. The van der Waals surface area contributed by atoms with Crippen LogP contribution in [0, 0.1) is 11.6 Å². The zero-order valence-electron chi connectivity index (χ0n) is 17.4. The zero-order valence-corrected chi connectivity index (χ0v) is 18.2. The molecule has 2 bridgehead atoms. The Kier molecular flexibility index (Phi) is 6.30. The summed E-state index contributed by atoms with van der Waals surface area (Å²) in [6.07, 6.45) is 4.70. The van der Waals surface area contributed by atoms with E-state index in [4.69, 9.17) is 9.47 Å². The average Bonchev–Trinajstić information content (AvgIpc) is 2.71. The van der Waals surface area contributed by atoms with Crippen LogP contribution in [0.2, 0.25) is 0 Å². The molecule has 0 radical (unpaired) electrons. The molecule has 1 aromatic rings. The highest BCUT2D eigenvalue weighted by atomic mass is 32.2. The van der Waals surface area contributed by atoms with E-state index >= 15 is 0 Å². The molecule has 5 rings (SSSR count). The summed E-state index contributed by atoms with van der Waals surface area (Å²) in [5, 5.41) is 0. The SMILES string of the molecule is CS(=O)(=O)/N=C1\CCCN2C(=O)COc3c(F)cc(F)cc3C3CCC(CC3)OCC12. The van der Waals surface area contributed by atoms with E-state index in [1.165, 1.54) is 11.0 Å². The molecule has 1 saturated heterocycles. The fourth-order valence-corrected chi connectivity index (χ4v) is 5.40. The molecule has 1 unspecified atom stereocenters. The molecule has 2 fully saturated rings. The number of halogens is 2. The quantitative estimate of drug-likeness (QED) is 0.649. The predicted octanol–water partition coefficient (Wildman–Crippen LogP) is 2.79. The van der Waals surface area contributed by atoms with E-state index in [1.807, 2.05) is 0 Å². The minimum Gasteiger partial charge on any atom is -0.480 e. The monoisotopic (exact) mass is 456 g/mol. The molecule has 4 aliphatic rings. The molecule has 0 spiro atoms. The van der Waals surface area contributed by atoms with Crippen LogP contribution in [-0.2, 0) is 19.6 Å². The minimum absolute atomic E-state index is 0.0712. The van der Waals surface area contributed by atoms with Crippen molar-refractivity contribution in [1.29, 1.82) is 0 Å². The van der Waals surface area contributed by atoms with Crippen molar-refractivity contribution >= 4 is 21.6 Å². The molecule has 0 aromatic heterocycles. The van der Waals surface area contributed by atoms with Crippen molar-refractivity contribution in [1.82, 2.24) is 4.90 Å². The van der Waals surface area contributed by atoms with Crippen LogP contribution < -0.4 is 4.74 Å². The first-order chi connectivity index (χ1) is 14.7. The van der Waals surface area contributed by atoms with Crippen LogP contribution in [0.3, 0.4) is 0 Å². The fraction of sp³-hybridized carbons (Fsp3) is 0.619. The number of nitrogens with zero attached hydrogens (tertiary/aromatic N) is 2. The third-order valence-corrected chi connectivity index (χ3v) is 6.74. The first-order valence-electron chi connectivity index (χ1n) is 10.5. The molecule has 31 heavy (non-hydrogen) atoms. The second kappa shape index (κ2) is 8.82. The normalized spacial score (nSPS) is 28.7. The molecule has 1 aliphatic carbocycles. The predicted molar refractivity (Wildman–Crippen MR) is 110 cm³/mol. The number of hydrogen-bond acceptors (Lipinski definition) is 5. The van der Waals surface area contributed by atoms with Gasteiger partial charge in [-0.25, -0.2) is 17.2 Å². The van der Waals surface area contributed by atoms with Gasteiger partial charge in [0.2, 0.25) is 10.0 Å². The van der Waals surface area contributed by atoms with Gasteiger partial charge in [0.15, 0.2) is 18.2 Å². The maximum Gasteiger partial charge on any atom is 0.261 e. The molecule has 1 aromatic carbocycles. The smallest absolute Gasteiger partial charge is 0.261 e. The van der Waals surface area contributed by atoms with Crippen molar-refractivity contribution in [3.05, 3.63) is 29.3 Å². The van der Waals surface area contributed by atoms with Crippen LogP contribution in [0.25, 0.3) is 0 Å². The fourth-order valence-electron chi connectivity index (χ4n) is 4.76. The maximum atomic E-state index is 14.6. The van der Waals surface area contributed by atoms with E-state index < -0.39 is 40.2 Å². The molecule has 0 N–H and O–H groups in total. The highest BCUT2D eigenvalue weighted by Gasteiger charge is 2.35. The first-order valence-corrected chi connectivity index (χ1v) is 12.4. The van der Waals surface area contributed by atoms with Crippen molar-refractivity contribution in [2.45, 2.75) is 56.6 Å². The van der Waals surface area contributed by atoms with Crippen molar-refractivity contribution in [2.24, 2.45) is 4.40 Å². The Labute approximate surface area is 180 Å². The molecule has 7 nitrogen and oxygen atoms in total. The standard InChI is InChI=1S/C21H26F2N2O5S/c1-31(27,28)24-18-3-2-8-25-19(18)11-29-15-6-4-13(5-7-15)16-9-14(22)10-17(23)21(16)30-12-20(25)26/h9-10,13,15,19H,2-8,11-12H2,1H3/b24-18+. The van der Waals surface area contributed by atoms with Gasteiger partial charge in [0.1, 0.15) is 5.82 Å². The molecule has 170 valence electrons. The Morgan fingerprint density at radius 1 is 1.16 bits per heavy atom. The highest BCUT2D eigenvalue weighted by Crippen LogP contribution is 2.40. The average molecular weight is 457 g/mol. The molecule has 1 saturated carbocycles. The van der Waals surface area contributed by atoms with Gasteiger partial charge in [-0.05, 0) is 50.5 Å².